The number of alkyl halides is 2. The summed E-state index contributed by atoms with van der Waals surface area (Å²) in [7, 11) is 1.35. The van der Waals surface area contributed by atoms with Gasteiger partial charge in [-0.1, -0.05) is 12.1 Å². The van der Waals surface area contributed by atoms with E-state index in [-0.39, 0.29) is 17.1 Å². The summed E-state index contributed by atoms with van der Waals surface area (Å²) in [5.74, 6) is 0.585. The van der Waals surface area contributed by atoms with Crippen LogP contribution in [0.3, 0.4) is 0 Å². The molecule has 1 aliphatic heterocycles. The van der Waals surface area contributed by atoms with Crippen molar-refractivity contribution < 1.29 is 37.3 Å². The molecule has 1 aliphatic rings. The van der Waals surface area contributed by atoms with Crippen molar-refractivity contribution in [3.05, 3.63) is 42.0 Å². The summed E-state index contributed by atoms with van der Waals surface area (Å²) < 4.78 is 52.5. The van der Waals surface area contributed by atoms with Crippen LogP contribution in [0.2, 0.25) is 0 Å². The van der Waals surface area contributed by atoms with Gasteiger partial charge in [-0.15, -0.1) is 0 Å². The first-order valence-electron chi connectivity index (χ1n) is 11.3. The van der Waals surface area contributed by atoms with E-state index in [1.807, 2.05) is 19.9 Å². The van der Waals surface area contributed by atoms with Crippen LogP contribution in [0, 0.1) is 0 Å². The lowest BCUT2D eigenvalue weighted by Gasteiger charge is -2.31. The van der Waals surface area contributed by atoms with Crippen LogP contribution >= 0.6 is 0 Å². The quantitative estimate of drug-likeness (QED) is 0.460. The number of amides is 1. The number of nitrogens with zero attached hydrogens (tertiary/aromatic N) is 1. The Morgan fingerprint density at radius 2 is 1.83 bits per heavy atom. The molecule has 0 unspecified atom stereocenters. The number of hydrogen-bond donors (Lipinski definition) is 1. The molecule has 10 heteroatoms. The van der Waals surface area contributed by atoms with Crippen LogP contribution in [0.1, 0.15) is 19.4 Å². The average Bonchev–Trinajstić information content (AvgIpc) is 2.85. The molecule has 1 fully saturated rings. The number of para-hydroxylation sites is 1. The lowest BCUT2D eigenvalue weighted by molar-refractivity contribution is -0.111. The largest absolute Gasteiger partial charge is 0.493 e. The predicted molar refractivity (Wildman–Crippen MR) is 129 cm³/mol. The van der Waals surface area contributed by atoms with Gasteiger partial charge in [-0.25, -0.2) is 0 Å². The SMILES string of the molecule is CCOc1cc(N2CCOCC2)c(OCC)cc1NC(=O)C=Cc1cccc(OC)c1OC(F)F. The van der Waals surface area contributed by atoms with Gasteiger partial charge in [0.15, 0.2) is 11.5 Å². The molecular formula is C25H30F2N2O6. The molecule has 2 aromatic rings. The molecule has 0 radical (unpaired) electrons. The van der Waals surface area contributed by atoms with Crippen LogP contribution in [0.25, 0.3) is 6.08 Å². The van der Waals surface area contributed by atoms with Crippen molar-refractivity contribution in [1.82, 2.24) is 0 Å². The smallest absolute Gasteiger partial charge is 0.387 e. The third-order valence-corrected chi connectivity index (χ3v) is 5.12. The Morgan fingerprint density at radius 1 is 1.11 bits per heavy atom. The van der Waals surface area contributed by atoms with Gasteiger partial charge in [0.2, 0.25) is 5.91 Å². The summed E-state index contributed by atoms with van der Waals surface area (Å²) in [6.45, 7) is 4.18. The van der Waals surface area contributed by atoms with Crippen LogP contribution in [-0.4, -0.2) is 59.1 Å². The molecule has 1 heterocycles. The zero-order valence-corrected chi connectivity index (χ0v) is 20.0. The fourth-order valence-electron chi connectivity index (χ4n) is 3.62. The molecule has 2 aromatic carbocycles. The van der Waals surface area contributed by atoms with Gasteiger partial charge in [0, 0.05) is 36.9 Å². The number of ether oxygens (including phenoxy) is 5. The van der Waals surface area contributed by atoms with Crippen LogP contribution in [0.4, 0.5) is 20.2 Å². The maximum Gasteiger partial charge on any atom is 0.387 e. The number of halogens is 2. The highest BCUT2D eigenvalue weighted by Crippen LogP contribution is 2.39. The zero-order chi connectivity index (χ0) is 25.2. The maximum atomic E-state index is 12.9. The molecule has 0 aliphatic carbocycles. The molecule has 0 bridgehead atoms. The van der Waals surface area contributed by atoms with E-state index in [0.717, 1.165) is 5.69 Å². The monoisotopic (exact) mass is 492 g/mol. The predicted octanol–water partition coefficient (Wildman–Crippen LogP) is 4.58. The number of carbonyl (C=O) groups excluding carboxylic acids is 1. The normalized spacial score (nSPS) is 13.7. The first-order chi connectivity index (χ1) is 17.0. The molecule has 0 atom stereocenters. The molecule has 3 rings (SSSR count). The number of methoxy groups -OCH3 is 1. The Hall–Kier alpha value is -3.53. The first-order valence-corrected chi connectivity index (χ1v) is 11.3. The van der Waals surface area contributed by atoms with Crippen LogP contribution in [0.15, 0.2) is 36.4 Å². The van der Waals surface area contributed by atoms with Gasteiger partial charge in [0.25, 0.3) is 0 Å². The molecule has 0 aromatic heterocycles. The summed E-state index contributed by atoms with van der Waals surface area (Å²) in [5, 5.41) is 2.79. The van der Waals surface area contributed by atoms with Gasteiger partial charge in [-0.05, 0) is 26.0 Å². The van der Waals surface area contributed by atoms with Gasteiger partial charge >= 0.3 is 6.61 Å². The van der Waals surface area contributed by atoms with Crippen molar-refractivity contribution >= 4 is 23.4 Å². The van der Waals surface area contributed by atoms with E-state index < -0.39 is 12.5 Å². The number of hydrogen-bond acceptors (Lipinski definition) is 7. The van der Waals surface area contributed by atoms with Crippen LogP contribution in [-0.2, 0) is 9.53 Å². The van der Waals surface area contributed by atoms with Gasteiger partial charge in [-0.3, -0.25) is 4.79 Å². The van der Waals surface area contributed by atoms with Gasteiger partial charge in [-0.2, -0.15) is 8.78 Å². The minimum atomic E-state index is -3.04. The molecule has 190 valence electrons. The van der Waals surface area contributed by atoms with Crippen molar-refractivity contribution in [3.63, 3.8) is 0 Å². The van der Waals surface area contributed by atoms with Gasteiger partial charge < -0.3 is 33.9 Å². The van der Waals surface area contributed by atoms with E-state index in [1.165, 1.54) is 25.3 Å². The lowest BCUT2D eigenvalue weighted by atomic mass is 10.1. The molecule has 0 spiro atoms. The van der Waals surface area contributed by atoms with E-state index in [9.17, 15) is 13.6 Å². The minimum absolute atomic E-state index is 0.131. The van der Waals surface area contributed by atoms with E-state index >= 15 is 0 Å². The Morgan fingerprint density at radius 3 is 2.49 bits per heavy atom. The van der Waals surface area contributed by atoms with Crippen LogP contribution in [0.5, 0.6) is 23.0 Å². The second kappa shape index (κ2) is 12.8. The topological polar surface area (TPSA) is 78.5 Å². The molecule has 1 amide bonds. The van der Waals surface area contributed by atoms with E-state index in [4.69, 9.17) is 18.9 Å². The van der Waals surface area contributed by atoms with Gasteiger partial charge in [0.1, 0.15) is 11.5 Å². The summed E-state index contributed by atoms with van der Waals surface area (Å²) in [6.07, 6.45) is 2.60. The Bertz CT molecular complexity index is 1030. The second-order valence-corrected chi connectivity index (χ2v) is 7.36. The highest BCUT2D eigenvalue weighted by Gasteiger charge is 2.20. The maximum absolute atomic E-state index is 12.9. The van der Waals surface area contributed by atoms with Gasteiger partial charge in [0.05, 0.1) is 44.9 Å². The first kappa shape index (κ1) is 26.1. The molecule has 35 heavy (non-hydrogen) atoms. The molecule has 1 N–H and O–H groups in total. The van der Waals surface area contributed by atoms with Crippen molar-refractivity contribution in [2.45, 2.75) is 20.5 Å². The Labute approximate surface area is 203 Å². The van der Waals surface area contributed by atoms with Crippen molar-refractivity contribution in [1.29, 1.82) is 0 Å². The van der Waals surface area contributed by atoms with Crippen molar-refractivity contribution in [2.24, 2.45) is 0 Å². The second-order valence-electron chi connectivity index (χ2n) is 7.36. The van der Waals surface area contributed by atoms with Crippen LogP contribution < -0.4 is 29.2 Å². The molecular weight excluding hydrogens is 462 g/mol. The molecule has 8 nitrogen and oxygen atoms in total. The fourth-order valence-corrected chi connectivity index (χ4v) is 3.62. The van der Waals surface area contributed by atoms with Crippen molar-refractivity contribution in [3.8, 4) is 23.0 Å². The lowest BCUT2D eigenvalue weighted by Crippen LogP contribution is -2.36. The summed E-state index contributed by atoms with van der Waals surface area (Å²) in [5.41, 5.74) is 1.55. The van der Waals surface area contributed by atoms with E-state index in [1.54, 1.807) is 18.2 Å². The Balaban J connectivity index is 1.87. The fraction of sp³-hybridized carbons (Fsp3) is 0.400. The number of anilines is 2. The number of carbonyl (C=O) groups is 1. The third-order valence-electron chi connectivity index (χ3n) is 5.12. The third kappa shape index (κ3) is 6.98. The standard InChI is InChI=1S/C25H30F2N2O6/c1-4-33-21-16-19(29-11-13-32-14-12-29)22(34-5-2)15-18(21)28-23(30)10-9-17-7-6-8-20(31-3)24(17)35-25(26)27/h6-10,15-16,25H,4-5,11-14H2,1-3H3,(H,28,30). The van der Waals surface area contributed by atoms with E-state index in [2.05, 4.69) is 15.0 Å². The minimum Gasteiger partial charge on any atom is -0.493 e. The molecule has 0 saturated carbocycles. The number of benzene rings is 2. The highest BCUT2D eigenvalue weighted by atomic mass is 19.3. The number of morpholine rings is 1. The average molecular weight is 493 g/mol. The summed E-state index contributed by atoms with van der Waals surface area (Å²) in [6, 6.07) is 8.22. The van der Waals surface area contributed by atoms with Crippen molar-refractivity contribution in [2.75, 3.05) is 56.8 Å². The van der Waals surface area contributed by atoms with E-state index in [0.29, 0.717) is 56.7 Å². The Kier molecular flexibility index (Phi) is 9.54. The molecule has 1 saturated heterocycles. The zero-order valence-electron chi connectivity index (χ0n) is 20.0. The number of nitrogens with one attached hydrogen (secondary N) is 1. The summed E-state index contributed by atoms with van der Waals surface area (Å²) >= 11 is 0. The number of rotatable bonds is 11. The summed E-state index contributed by atoms with van der Waals surface area (Å²) in [4.78, 5) is 14.9. The highest BCUT2D eigenvalue weighted by molar-refractivity contribution is 6.03.